The molecule has 140 valence electrons. The lowest BCUT2D eigenvalue weighted by Crippen LogP contribution is -2.14. The number of amides is 1. The van der Waals surface area contributed by atoms with Gasteiger partial charge in [-0.05, 0) is 63.1 Å². The topological polar surface area (TPSA) is 66.4 Å². The summed E-state index contributed by atoms with van der Waals surface area (Å²) in [4.78, 5) is 17.2. The summed E-state index contributed by atoms with van der Waals surface area (Å²) in [6, 6.07) is 6.76. The van der Waals surface area contributed by atoms with Gasteiger partial charge in [-0.15, -0.1) is 0 Å². The third-order valence-corrected chi connectivity index (χ3v) is 5.55. The first-order valence-corrected chi connectivity index (χ1v) is 9.77. The van der Waals surface area contributed by atoms with Crippen molar-refractivity contribution in [3.05, 3.63) is 51.0 Å². The summed E-state index contributed by atoms with van der Waals surface area (Å²) in [6.07, 6.45) is 0. The molecule has 3 aromatic rings. The highest BCUT2D eigenvalue weighted by atomic mass is 35.5. The molecule has 1 aromatic heterocycles. The van der Waals surface area contributed by atoms with Gasteiger partial charge in [0.25, 0.3) is 5.91 Å². The molecular formula is C19H18Cl2N4OS. The molecule has 2 N–H and O–H groups in total. The fourth-order valence-electron chi connectivity index (χ4n) is 2.64. The van der Waals surface area contributed by atoms with Gasteiger partial charge in [-0.25, -0.2) is 4.98 Å². The lowest BCUT2D eigenvalue weighted by Gasteiger charge is -2.13. The van der Waals surface area contributed by atoms with Crippen molar-refractivity contribution < 1.29 is 4.79 Å². The number of aromatic nitrogens is 1. The van der Waals surface area contributed by atoms with Crippen molar-refractivity contribution in [2.75, 3.05) is 10.7 Å². The van der Waals surface area contributed by atoms with E-state index in [1.165, 1.54) is 11.3 Å². The van der Waals surface area contributed by atoms with Crippen molar-refractivity contribution in [1.29, 1.82) is 0 Å². The fourth-order valence-corrected chi connectivity index (χ4v) is 4.03. The predicted octanol–water partition coefficient (Wildman–Crippen LogP) is 6.28. The van der Waals surface area contributed by atoms with Crippen LogP contribution in [0.25, 0.3) is 10.2 Å². The predicted molar refractivity (Wildman–Crippen MR) is 116 cm³/mol. The van der Waals surface area contributed by atoms with Crippen LogP contribution in [0.2, 0.25) is 10.0 Å². The smallest absolute Gasteiger partial charge is 0.257 e. The monoisotopic (exact) mass is 420 g/mol. The number of fused-ring (bicyclic) bond motifs is 1. The quantitative estimate of drug-likeness (QED) is 0.385. The van der Waals surface area contributed by atoms with Gasteiger partial charge in [-0.3, -0.25) is 10.2 Å². The third kappa shape index (κ3) is 4.24. The van der Waals surface area contributed by atoms with E-state index >= 15 is 0 Å². The van der Waals surface area contributed by atoms with Crippen LogP contribution in [0.15, 0.2) is 29.4 Å². The van der Waals surface area contributed by atoms with Crippen molar-refractivity contribution >= 4 is 67.2 Å². The number of carbonyl (C=O) groups excluding carboxylic acids is 1. The standard InChI is InChI=1S/C19H18Cl2N4OS/c1-9(2)24-25-19-22-15-7-10(3)16(11(4)17(15)27-19)23-18(26)13-6-5-12(20)8-14(13)21/h5-8H,1-4H3,(H,22,25)(H,23,26). The number of carbonyl (C=O) groups is 1. The Hall–Kier alpha value is -2.15. The molecule has 3 rings (SSSR count). The summed E-state index contributed by atoms with van der Waals surface area (Å²) in [6.45, 7) is 7.72. The van der Waals surface area contributed by atoms with Crippen molar-refractivity contribution in [2.24, 2.45) is 5.10 Å². The second kappa shape index (κ2) is 7.84. The Labute approximate surface area is 171 Å². The van der Waals surface area contributed by atoms with Gasteiger partial charge in [0.05, 0.1) is 20.8 Å². The molecule has 0 atom stereocenters. The van der Waals surface area contributed by atoms with Gasteiger partial charge in [0.1, 0.15) is 0 Å². The number of hydrogen-bond donors (Lipinski definition) is 2. The van der Waals surface area contributed by atoms with E-state index in [2.05, 4.69) is 20.8 Å². The summed E-state index contributed by atoms with van der Waals surface area (Å²) in [5.41, 5.74) is 7.73. The Kier molecular flexibility index (Phi) is 5.69. The number of nitrogens with one attached hydrogen (secondary N) is 2. The number of hydrazone groups is 1. The van der Waals surface area contributed by atoms with E-state index in [0.29, 0.717) is 20.7 Å². The molecule has 0 radical (unpaired) electrons. The molecular weight excluding hydrogens is 403 g/mol. The normalized spacial score (nSPS) is 10.7. The number of halogens is 2. The summed E-state index contributed by atoms with van der Waals surface area (Å²) in [5.74, 6) is -0.281. The van der Waals surface area contributed by atoms with Crippen LogP contribution in [0.5, 0.6) is 0 Å². The van der Waals surface area contributed by atoms with Gasteiger partial charge < -0.3 is 5.32 Å². The molecule has 0 aliphatic heterocycles. The number of benzene rings is 2. The lowest BCUT2D eigenvalue weighted by molar-refractivity contribution is 0.102. The first-order valence-electron chi connectivity index (χ1n) is 8.20. The second-order valence-electron chi connectivity index (χ2n) is 6.31. The number of rotatable bonds is 4. The average molecular weight is 421 g/mol. The number of thiazole rings is 1. The van der Waals surface area contributed by atoms with Crippen LogP contribution in [-0.2, 0) is 0 Å². The van der Waals surface area contributed by atoms with Crippen molar-refractivity contribution in [1.82, 2.24) is 4.98 Å². The molecule has 0 bridgehead atoms. The van der Waals surface area contributed by atoms with E-state index in [4.69, 9.17) is 23.2 Å². The molecule has 27 heavy (non-hydrogen) atoms. The largest absolute Gasteiger partial charge is 0.321 e. The van der Waals surface area contributed by atoms with E-state index in [1.807, 2.05) is 33.8 Å². The SMILES string of the molecule is CC(C)=NNc1nc2cc(C)c(NC(=O)c3ccc(Cl)cc3Cl)c(C)c2s1. The Morgan fingerprint density at radius 2 is 1.93 bits per heavy atom. The Morgan fingerprint density at radius 3 is 2.59 bits per heavy atom. The Morgan fingerprint density at radius 1 is 1.19 bits per heavy atom. The minimum atomic E-state index is -0.281. The van der Waals surface area contributed by atoms with Crippen LogP contribution < -0.4 is 10.7 Å². The Bertz CT molecular complexity index is 1070. The van der Waals surface area contributed by atoms with Crippen LogP contribution in [0.3, 0.4) is 0 Å². The minimum Gasteiger partial charge on any atom is -0.321 e. The van der Waals surface area contributed by atoms with Gasteiger partial charge in [0.15, 0.2) is 0 Å². The molecule has 5 nitrogen and oxygen atoms in total. The summed E-state index contributed by atoms with van der Waals surface area (Å²) in [5, 5.41) is 8.67. The van der Waals surface area contributed by atoms with Crippen LogP contribution >= 0.6 is 34.5 Å². The van der Waals surface area contributed by atoms with Gasteiger partial charge >= 0.3 is 0 Å². The van der Waals surface area contributed by atoms with Gasteiger partial charge in [-0.2, -0.15) is 5.10 Å². The van der Waals surface area contributed by atoms with Crippen LogP contribution in [0, 0.1) is 13.8 Å². The molecule has 0 unspecified atom stereocenters. The lowest BCUT2D eigenvalue weighted by atomic mass is 10.1. The molecule has 0 aliphatic rings. The summed E-state index contributed by atoms with van der Waals surface area (Å²) < 4.78 is 0.990. The molecule has 2 aromatic carbocycles. The highest BCUT2D eigenvalue weighted by Gasteiger charge is 2.17. The van der Waals surface area contributed by atoms with E-state index in [9.17, 15) is 4.79 Å². The first-order chi connectivity index (χ1) is 12.8. The zero-order valence-electron chi connectivity index (χ0n) is 15.3. The molecule has 0 fully saturated rings. The van der Waals surface area contributed by atoms with Crippen LogP contribution in [0.1, 0.15) is 35.3 Å². The molecule has 0 saturated heterocycles. The molecule has 8 heteroatoms. The van der Waals surface area contributed by atoms with E-state index in [1.54, 1.807) is 18.2 Å². The van der Waals surface area contributed by atoms with Crippen LogP contribution in [-0.4, -0.2) is 16.6 Å². The molecule has 0 saturated carbocycles. The number of hydrogen-bond acceptors (Lipinski definition) is 5. The number of anilines is 2. The van der Waals surface area contributed by atoms with Gasteiger partial charge in [0.2, 0.25) is 5.13 Å². The van der Waals surface area contributed by atoms with E-state index in [-0.39, 0.29) is 5.91 Å². The molecule has 1 amide bonds. The minimum absolute atomic E-state index is 0.281. The van der Waals surface area contributed by atoms with Crippen molar-refractivity contribution in [3.63, 3.8) is 0 Å². The van der Waals surface area contributed by atoms with Gasteiger partial charge in [0, 0.05) is 16.4 Å². The molecule has 1 heterocycles. The zero-order chi connectivity index (χ0) is 19.7. The first kappa shape index (κ1) is 19.6. The third-order valence-electron chi connectivity index (χ3n) is 3.91. The Balaban J connectivity index is 1.96. The molecule has 0 spiro atoms. The molecule has 0 aliphatic carbocycles. The van der Waals surface area contributed by atoms with E-state index < -0.39 is 0 Å². The van der Waals surface area contributed by atoms with Crippen molar-refractivity contribution in [3.8, 4) is 0 Å². The second-order valence-corrected chi connectivity index (χ2v) is 8.15. The maximum atomic E-state index is 12.7. The number of nitrogens with zero attached hydrogens (tertiary/aromatic N) is 2. The summed E-state index contributed by atoms with van der Waals surface area (Å²) >= 11 is 13.6. The zero-order valence-corrected chi connectivity index (χ0v) is 17.6. The van der Waals surface area contributed by atoms with Gasteiger partial charge in [-0.1, -0.05) is 34.5 Å². The maximum absolute atomic E-state index is 12.7. The van der Waals surface area contributed by atoms with E-state index in [0.717, 1.165) is 32.7 Å². The number of aryl methyl sites for hydroxylation is 2. The highest BCUT2D eigenvalue weighted by molar-refractivity contribution is 7.22. The average Bonchev–Trinajstić information content (AvgIpc) is 2.99. The van der Waals surface area contributed by atoms with Crippen molar-refractivity contribution in [2.45, 2.75) is 27.7 Å². The van der Waals surface area contributed by atoms with Crippen LogP contribution in [0.4, 0.5) is 10.8 Å². The fraction of sp³-hybridized carbons (Fsp3) is 0.211. The highest BCUT2D eigenvalue weighted by Crippen LogP contribution is 2.35. The summed E-state index contributed by atoms with van der Waals surface area (Å²) in [7, 11) is 0. The maximum Gasteiger partial charge on any atom is 0.257 e.